The summed E-state index contributed by atoms with van der Waals surface area (Å²) in [5, 5.41) is 4.46. The van der Waals surface area contributed by atoms with Crippen molar-refractivity contribution in [1.29, 1.82) is 0 Å². The maximum atomic E-state index is 11.9. The van der Waals surface area contributed by atoms with Crippen molar-refractivity contribution < 1.29 is 4.79 Å². The molecular weight excluding hydrogens is 258 g/mol. The zero-order valence-electron chi connectivity index (χ0n) is 12.0. The van der Waals surface area contributed by atoms with Crippen molar-refractivity contribution in [1.82, 2.24) is 4.90 Å². The summed E-state index contributed by atoms with van der Waals surface area (Å²) in [5.41, 5.74) is 6.99. The molecule has 0 aromatic carbocycles. The minimum absolute atomic E-state index is 0.0229. The lowest BCUT2D eigenvalue weighted by atomic mass is 10.0. The standard InChI is InChI=1S/C14H23N3OS/c1-4-5-14(6-7-14)9-16-11-8-10(15)12(19-11)13(18)17(2)3/h8,16H,4-7,9,15H2,1-3H3. The average Bonchev–Trinajstić information content (AvgIpc) is 3.02. The Morgan fingerprint density at radius 1 is 1.53 bits per heavy atom. The summed E-state index contributed by atoms with van der Waals surface area (Å²) in [6.45, 7) is 3.23. The summed E-state index contributed by atoms with van der Waals surface area (Å²) in [6.07, 6.45) is 5.15. The molecule has 3 N–H and O–H groups in total. The lowest BCUT2D eigenvalue weighted by molar-refractivity contribution is 0.0833. The average molecular weight is 281 g/mol. The van der Waals surface area contributed by atoms with Crippen LogP contribution in [0.4, 0.5) is 10.7 Å². The number of nitrogens with two attached hydrogens (primary N) is 1. The van der Waals surface area contributed by atoms with Gasteiger partial charge in [0.1, 0.15) is 4.88 Å². The molecule has 1 saturated carbocycles. The molecule has 0 aliphatic heterocycles. The second kappa shape index (κ2) is 5.41. The highest BCUT2D eigenvalue weighted by atomic mass is 32.1. The van der Waals surface area contributed by atoms with E-state index in [-0.39, 0.29) is 5.91 Å². The van der Waals surface area contributed by atoms with E-state index in [0.29, 0.717) is 16.0 Å². The van der Waals surface area contributed by atoms with E-state index in [9.17, 15) is 4.79 Å². The lowest BCUT2D eigenvalue weighted by Crippen LogP contribution is -2.21. The quantitative estimate of drug-likeness (QED) is 0.842. The monoisotopic (exact) mass is 281 g/mol. The van der Waals surface area contributed by atoms with Gasteiger partial charge in [0.2, 0.25) is 0 Å². The lowest BCUT2D eigenvalue weighted by Gasteiger charge is -2.14. The van der Waals surface area contributed by atoms with E-state index in [2.05, 4.69) is 12.2 Å². The molecule has 106 valence electrons. The first-order chi connectivity index (χ1) is 8.97. The first kappa shape index (κ1) is 14.2. The highest BCUT2D eigenvalue weighted by molar-refractivity contribution is 7.18. The number of thiophene rings is 1. The number of hydrogen-bond acceptors (Lipinski definition) is 4. The van der Waals surface area contributed by atoms with Gasteiger partial charge in [0.05, 0.1) is 10.7 Å². The van der Waals surface area contributed by atoms with Crippen LogP contribution in [0.3, 0.4) is 0 Å². The third-order valence-corrected chi connectivity index (χ3v) is 4.83. The summed E-state index contributed by atoms with van der Waals surface area (Å²) < 4.78 is 0. The van der Waals surface area contributed by atoms with E-state index in [1.807, 2.05) is 6.07 Å². The van der Waals surface area contributed by atoms with Crippen LogP contribution in [0.2, 0.25) is 0 Å². The number of nitrogen functional groups attached to an aromatic ring is 1. The summed E-state index contributed by atoms with van der Waals surface area (Å²) >= 11 is 1.46. The van der Waals surface area contributed by atoms with Crippen molar-refractivity contribution in [2.24, 2.45) is 5.41 Å². The molecule has 0 spiro atoms. The molecule has 1 aromatic heterocycles. The fourth-order valence-electron chi connectivity index (χ4n) is 2.36. The maximum absolute atomic E-state index is 11.9. The smallest absolute Gasteiger partial charge is 0.265 e. The van der Waals surface area contributed by atoms with Crippen LogP contribution < -0.4 is 11.1 Å². The number of amides is 1. The minimum atomic E-state index is -0.0229. The third kappa shape index (κ3) is 3.21. The Morgan fingerprint density at radius 3 is 2.74 bits per heavy atom. The molecule has 5 heteroatoms. The summed E-state index contributed by atoms with van der Waals surface area (Å²) in [7, 11) is 3.49. The predicted octanol–water partition coefficient (Wildman–Crippen LogP) is 3.02. The number of carbonyl (C=O) groups is 1. The van der Waals surface area contributed by atoms with Gasteiger partial charge in [-0.3, -0.25) is 4.79 Å². The van der Waals surface area contributed by atoms with Crippen molar-refractivity contribution in [2.75, 3.05) is 31.7 Å². The number of nitrogens with one attached hydrogen (secondary N) is 1. The van der Waals surface area contributed by atoms with Crippen LogP contribution in [0.5, 0.6) is 0 Å². The van der Waals surface area contributed by atoms with E-state index >= 15 is 0 Å². The molecule has 1 fully saturated rings. The molecule has 0 atom stereocenters. The molecule has 1 amide bonds. The van der Waals surface area contributed by atoms with Crippen molar-refractivity contribution >= 4 is 27.9 Å². The second-order valence-electron chi connectivity index (χ2n) is 5.70. The van der Waals surface area contributed by atoms with Gasteiger partial charge in [-0.2, -0.15) is 0 Å². The summed E-state index contributed by atoms with van der Waals surface area (Å²) in [4.78, 5) is 14.1. The molecule has 1 aromatic rings. The highest BCUT2D eigenvalue weighted by Gasteiger charge is 2.41. The molecule has 1 aliphatic carbocycles. The molecule has 4 nitrogen and oxygen atoms in total. The van der Waals surface area contributed by atoms with Crippen LogP contribution in [-0.4, -0.2) is 31.4 Å². The van der Waals surface area contributed by atoms with Gasteiger partial charge < -0.3 is 16.0 Å². The number of anilines is 2. The topological polar surface area (TPSA) is 58.4 Å². The van der Waals surface area contributed by atoms with E-state index < -0.39 is 0 Å². The van der Waals surface area contributed by atoms with E-state index in [1.165, 1.54) is 37.0 Å². The molecule has 1 aliphatic rings. The minimum Gasteiger partial charge on any atom is -0.397 e. The largest absolute Gasteiger partial charge is 0.397 e. The highest BCUT2D eigenvalue weighted by Crippen LogP contribution is 2.49. The Balaban J connectivity index is 1.99. The van der Waals surface area contributed by atoms with Gasteiger partial charge in [0, 0.05) is 20.6 Å². The summed E-state index contributed by atoms with van der Waals surface area (Å²) in [6, 6.07) is 1.88. The number of nitrogens with zero attached hydrogens (tertiary/aromatic N) is 1. The molecule has 2 rings (SSSR count). The SMILES string of the molecule is CCCC1(CNc2cc(N)c(C(=O)N(C)C)s2)CC1. The first-order valence-electron chi connectivity index (χ1n) is 6.82. The third-order valence-electron chi connectivity index (χ3n) is 3.74. The van der Waals surface area contributed by atoms with Crippen molar-refractivity contribution in [3.05, 3.63) is 10.9 Å². The summed E-state index contributed by atoms with van der Waals surface area (Å²) in [5.74, 6) is -0.0229. The fraction of sp³-hybridized carbons (Fsp3) is 0.643. The van der Waals surface area contributed by atoms with Gasteiger partial charge in [-0.15, -0.1) is 11.3 Å². The molecular formula is C14H23N3OS. The number of carbonyl (C=O) groups excluding carboxylic acids is 1. The first-order valence-corrected chi connectivity index (χ1v) is 7.64. The zero-order chi connectivity index (χ0) is 14.0. The predicted molar refractivity (Wildman–Crippen MR) is 81.8 cm³/mol. The number of rotatable bonds is 6. The Morgan fingerprint density at radius 2 is 2.21 bits per heavy atom. The molecule has 0 radical (unpaired) electrons. The molecule has 19 heavy (non-hydrogen) atoms. The Kier molecular flexibility index (Phi) is 4.04. The Labute approximate surface area is 119 Å². The zero-order valence-corrected chi connectivity index (χ0v) is 12.8. The van der Waals surface area contributed by atoms with Crippen LogP contribution in [0, 0.1) is 5.41 Å². The second-order valence-corrected chi connectivity index (χ2v) is 6.75. The fourth-order valence-corrected chi connectivity index (χ4v) is 3.36. The van der Waals surface area contributed by atoms with Gasteiger partial charge in [-0.05, 0) is 30.7 Å². The Hall–Kier alpha value is -1.23. The van der Waals surface area contributed by atoms with E-state index in [4.69, 9.17) is 5.73 Å². The molecule has 0 unspecified atom stereocenters. The van der Waals surface area contributed by atoms with E-state index in [0.717, 1.165) is 11.5 Å². The van der Waals surface area contributed by atoms with Gasteiger partial charge in [0.25, 0.3) is 5.91 Å². The van der Waals surface area contributed by atoms with Crippen LogP contribution in [0.1, 0.15) is 42.3 Å². The number of hydrogen-bond donors (Lipinski definition) is 2. The van der Waals surface area contributed by atoms with Crippen LogP contribution in [0.25, 0.3) is 0 Å². The van der Waals surface area contributed by atoms with E-state index in [1.54, 1.807) is 19.0 Å². The van der Waals surface area contributed by atoms with Gasteiger partial charge in [-0.1, -0.05) is 13.3 Å². The van der Waals surface area contributed by atoms with Crippen molar-refractivity contribution in [3.8, 4) is 0 Å². The normalized spacial score (nSPS) is 16.2. The van der Waals surface area contributed by atoms with Crippen LogP contribution in [-0.2, 0) is 0 Å². The van der Waals surface area contributed by atoms with Crippen LogP contribution >= 0.6 is 11.3 Å². The molecule has 0 bridgehead atoms. The van der Waals surface area contributed by atoms with Gasteiger partial charge in [-0.25, -0.2) is 0 Å². The molecule has 0 saturated heterocycles. The molecule has 1 heterocycles. The van der Waals surface area contributed by atoms with Crippen molar-refractivity contribution in [3.63, 3.8) is 0 Å². The van der Waals surface area contributed by atoms with Crippen molar-refractivity contribution in [2.45, 2.75) is 32.6 Å². The Bertz CT molecular complexity index is 463. The maximum Gasteiger partial charge on any atom is 0.265 e. The van der Waals surface area contributed by atoms with Crippen LogP contribution in [0.15, 0.2) is 6.07 Å². The van der Waals surface area contributed by atoms with Gasteiger partial charge in [0.15, 0.2) is 0 Å². The van der Waals surface area contributed by atoms with Gasteiger partial charge >= 0.3 is 0 Å².